The highest BCUT2D eigenvalue weighted by molar-refractivity contribution is 5.88. The van der Waals surface area contributed by atoms with Crippen molar-refractivity contribution in [2.45, 2.75) is 26.3 Å². The van der Waals surface area contributed by atoms with Gasteiger partial charge in [0.1, 0.15) is 0 Å². The zero-order valence-electron chi connectivity index (χ0n) is 14.8. The Morgan fingerprint density at radius 2 is 1.88 bits per heavy atom. The van der Waals surface area contributed by atoms with Crippen LogP contribution in [0.15, 0.2) is 54.6 Å². The molecule has 0 aliphatic carbocycles. The summed E-state index contributed by atoms with van der Waals surface area (Å²) < 4.78 is 0. The monoisotopic (exact) mass is 325 g/mol. The topological polar surface area (TPSA) is 44.4 Å². The zero-order chi connectivity index (χ0) is 17.4. The van der Waals surface area contributed by atoms with Crippen molar-refractivity contribution in [2.24, 2.45) is 0 Å². The molecule has 0 bridgehead atoms. The maximum absolute atomic E-state index is 11.2. The lowest BCUT2D eigenvalue weighted by atomic mass is 10.1. The summed E-state index contributed by atoms with van der Waals surface area (Å²) in [4.78, 5) is 13.4. The maximum Gasteiger partial charge on any atom is 0.221 e. The van der Waals surface area contributed by atoms with Crippen molar-refractivity contribution >= 4 is 17.3 Å². The maximum atomic E-state index is 11.2. The van der Waals surface area contributed by atoms with Gasteiger partial charge in [-0.15, -0.1) is 0 Å². The van der Waals surface area contributed by atoms with E-state index in [0.29, 0.717) is 0 Å². The van der Waals surface area contributed by atoms with E-state index in [9.17, 15) is 4.79 Å². The third kappa shape index (κ3) is 5.70. The second kappa shape index (κ2) is 9.08. The Morgan fingerprint density at radius 1 is 1.12 bits per heavy atom. The highest BCUT2D eigenvalue weighted by Gasteiger charge is 2.06. The van der Waals surface area contributed by atoms with E-state index in [2.05, 4.69) is 59.8 Å². The van der Waals surface area contributed by atoms with E-state index in [1.54, 1.807) is 0 Å². The summed E-state index contributed by atoms with van der Waals surface area (Å²) in [7, 11) is 2.12. The standard InChI is InChI=1S/C20H27N3O/c1-16(18-9-7-10-19(15-18)22-17(2)24)21-13-8-14-23(3)20-11-5-4-6-12-20/h4-7,9-12,15-16,21H,8,13-14H2,1-3H3,(H,22,24). The number of amides is 1. The van der Waals surface area contributed by atoms with E-state index in [-0.39, 0.29) is 11.9 Å². The van der Waals surface area contributed by atoms with Crippen LogP contribution in [-0.2, 0) is 4.79 Å². The number of nitrogens with one attached hydrogen (secondary N) is 2. The van der Waals surface area contributed by atoms with Crippen molar-refractivity contribution in [3.05, 3.63) is 60.2 Å². The van der Waals surface area contributed by atoms with Crippen LogP contribution in [0.4, 0.5) is 11.4 Å². The molecule has 0 spiro atoms. The number of anilines is 2. The highest BCUT2D eigenvalue weighted by atomic mass is 16.1. The summed E-state index contributed by atoms with van der Waals surface area (Å²) in [6.07, 6.45) is 1.07. The van der Waals surface area contributed by atoms with E-state index in [4.69, 9.17) is 0 Å². The van der Waals surface area contributed by atoms with Crippen LogP contribution in [0.1, 0.15) is 31.9 Å². The van der Waals surface area contributed by atoms with Crippen LogP contribution in [0.25, 0.3) is 0 Å². The average molecular weight is 325 g/mol. The number of para-hydroxylation sites is 1. The van der Waals surface area contributed by atoms with Gasteiger partial charge in [-0.3, -0.25) is 4.79 Å². The molecule has 24 heavy (non-hydrogen) atoms. The van der Waals surface area contributed by atoms with Gasteiger partial charge in [-0.25, -0.2) is 0 Å². The van der Waals surface area contributed by atoms with Gasteiger partial charge in [-0.1, -0.05) is 30.3 Å². The van der Waals surface area contributed by atoms with E-state index in [1.807, 2.05) is 24.3 Å². The van der Waals surface area contributed by atoms with Gasteiger partial charge in [-0.2, -0.15) is 0 Å². The Hall–Kier alpha value is -2.33. The molecule has 0 fully saturated rings. The molecule has 1 amide bonds. The molecule has 1 unspecified atom stereocenters. The molecule has 0 aromatic heterocycles. The largest absolute Gasteiger partial charge is 0.375 e. The Labute approximate surface area is 144 Å². The van der Waals surface area contributed by atoms with Crippen molar-refractivity contribution < 1.29 is 4.79 Å². The SMILES string of the molecule is CC(=O)Nc1cccc(C(C)NCCCN(C)c2ccccc2)c1. The first-order chi connectivity index (χ1) is 11.6. The molecule has 2 aromatic rings. The van der Waals surface area contributed by atoms with Crippen molar-refractivity contribution in [2.75, 3.05) is 30.4 Å². The number of hydrogen-bond acceptors (Lipinski definition) is 3. The Kier molecular flexibility index (Phi) is 6.82. The molecule has 0 saturated heterocycles. The molecule has 0 aliphatic rings. The fourth-order valence-corrected chi connectivity index (χ4v) is 2.65. The van der Waals surface area contributed by atoms with Crippen LogP contribution in [-0.4, -0.2) is 26.0 Å². The fourth-order valence-electron chi connectivity index (χ4n) is 2.65. The number of carbonyl (C=O) groups excluding carboxylic acids is 1. The van der Waals surface area contributed by atoms with Crippen LogP contribution in [0, 0.1) is 0 Å². The zero-order valence-corrected chi connectivity index (χ0v) is 14.8. The van der Waals surface area contributed by atoms with E-state index >= 15 is 0 Å². The lowest BCUT2D eigenvalue weighted by Gasteiger charge is -2.20. The van der Waals surface area contributed by atoms with Crippen LogP contribution < -0.4 is 15.5 Å². The molecule has 0 radical (unpaired) electrons. The first-order valence-electron chi connectivity index (χ1n) is 8.43. The number of carbonyl (C=O) groups is 1. The quantitative estimate of drug-likeness (QED) is 0.725. The molecular weight excluding hydrogens is 298 g/mol. The van der Waals surface area contributed by atoms with E-state index in [0.717, 1.165) is 25.2 Å². The summed E-state index contributed by atoms with van der Waals surface area (Å²) in [5.41, 5.74) is 3.27. The molecule has 1 atom stereocenters. The summed E-state index contributed by atoms with van der Waals surface area (Å²) >= 11 is 0. The first kappa shape index (κ1) is 18.0. The van der Waals surface area contributed by atoms with Crippen molar-refractivity contribution in [1.29, 1.82) is 0 Å². The summed E-state index contributed by atoms with van der Waals surface area (Å²) in [5, 5.41) is 6.37. The molecule has 2 rings (SSSR count). The lowest BCUT2D eigenvalue weighted by Crippen LogP contribution is -2.25. The Morgan fingerprint density at radius 3 is 2.58 bits per heavy atom. The fraction of sp³-hybridized carbons (Fsp3) is 0.350. The van der Waals surface area contributed by atoms with E-state index < -0.39 is 0 Å². The van der Waals surface area contributed by atoms with Gasteiger partial charge in [0.15, 0.2) is 0 Å². The summed E-state index contributed by atoms with van der Waals surface area (Å²) in [6, 6.07) is 18.7. The molecule has 0 heterocycles. The smallest absolute Gasteiger partial charge is 0.221 e. The molecule has 2 aromatic carbocycles. The van der Waals surface area contributed by atoms with Crippen LogP contribution in [0.3, 0.4) is 0 Å². The van der Waals surface area contributed by atoms with Gasteiger partial charge in [0, 0.05) is 37.9 Å². The predicted octanol–water partition coefficient (Wildman–Crippen LogP) is 3.82. The molecule has 2 N–H and O–H groups in total. The molecule has 128 valence electrons. The summed E-state index contributed by atoms with van der Waals surface area (Å²) in [6.45, 7) is 5.63. The van der Waals surface area contributed by atoms with E-state index in [1.165, 1.54) is 18.2 Å². The minimum Gasteiger partial charge on any atom is -0.375 e. The normalized spacial score (nSPS) is 11.8. The number of benzene rings is 2. The Bertz CT molecular complexity index is 642. The van der Waals surface area contributed by atoms with Crippen LogP contribution in [0.5, 0.6) is 0 Å². The minimum atomic E-state index is -0.0447. The van der Waals surface area contributed by atoms with Crippen LogP contribution in [0.2, 0.25) is 0 Å². The van der Waals surface area contributed by atoms with Gasteiger partial charge < -0.3 is 15.5 Å². The second-order valence-electron chi connectivity index (χ2n) is 6.09. The average Bonchev–Trinajstić information content (AvgIpc) is 2.58. The third-order valence-electron chi connectivity index (χ3n) is 4.02. The second-order valence-corrected chi connectivity index (χ2v) is 6.09. The lowest BCUT2D eigenvalue weighted by molar-refractivity contribution is -0.114. The molecule has 4 heteroatoms. The predicted molar refractivity (Wildman–Crippen MR) is 101 cm³/mol. The number of rotatable bonds is 8. The Balaban J connectivity index is 1.77. The van der Waals surface area contributed by atoms with Crippen molar-refractivity contribution in [3.8, 4) is 0 Å². The first-order valence-corrected chi connectivity index (χ1v) is 8.43. The summed E-state index contributed by atoms with van der Waals surface area (Å²) in [5.74, 6) is -0.0447. The van der Waals surface area contributed by atoms with Crippen molar-refractivity contribution in [1.82, 2.24) is 5.32 Å². The van der Waals surface area contributed by atoms with Gasteiger partial charge in [-0.05, 0) is 49.7 Å². The number of hydrogen-bond donors (Lipinski definition) is 2. The van der Waals surface area contributed by atoms with Gasteiger partial charge in [0.25, 0.3) is 0 Å². The molecule has 4 nitrogen and oxygen atoms in total. The van der Waals surface area contributed by atoms with Gasteiger partial charge in [0.2, 0.25) is 5.91 Å². The molecule has 0 saturated carbocycles. The molecular formula is C20H27N3O. The van der Waals surface area contributed by atoms with Gasteiger partial charge >= 0.3 is 0 Å². The minimum absolute atomic E-state index is 0.0447. The van der Waals surface area contributed by atoms with Crippen molar-refractivity contribution in [3.63, 3.8) is 0 Å². The number of nitrogens with zero attached hydrogens (tertiary/aromatic N) is 1. The van der Waals surface area contributed by atoms with Crippen LogP contribution >= 0.6 is 0 Å². The highest BCUT2D eigenvalue weighted by Crippen LogP contribution is 2.17. The molecule has 0 aliphatic heterocycles. The van der Waals surface area contributed by atoms with Gasteiger partial charge in [0.05, 0.1) is 0 Å². The third-order valence-corrected chi connectivity index (χ3v) is 4.02.